The van der Waals surface area contributed by atoms with Crippen molar-refractivity contribution in [3.05, 3.63) is 29.6 Å². The Balaban J connectivity index is 2.56. The fourth-order valence-electron chi connectivity index (χ4n) is 1.87. The van der Waals surface area contributed by atoms with Crippen molar-refractivity contribution >= 4 is 5.78 Å². The van der Waals surface area contributed by atoms with Crippen molar-refractivity contribution in [1.82, 2.24) is 0 Å². The highest BCUT2D eigenvalue weighted by Crippen LogP contribution is 2.18. The van der Waals surface area contributed by atoms with Crippen LogP contribution >= 0.6 is 0 Å². The number of hydrogen-bond acceptors (Lipinski definition) is 3. The average Bonchev–Trinajstić information content (AvgIpc) is 2.35. The number of carbonyl (C=O) groups excluding carboxylic acids is 1. The first-order valence-corrected chi connectivity index (χ1v) is 6.42. The molecule has 106 valence electrons. The molecular formula is C15H21FO3. The van der Waals surface area contributed by atoms with Crippen LogP contribution in [0.15, 0.2) is 18.2 Å². The molecule has 0 aliphatic heterocycles. The smallest absolute Gasteiger partial charge is 0.188 e. The summed E-state index contributed by atoms with van der Waals surface area (Å²) in [5.41, 5.74) is 0.301. The van der Waals surface area contributed by atoms with Crippen molar-refractivity contribution in [3.63, 3.8) is 0 Å². The molecule has 1 aromatic rings. The van der Waals surface area contributed by atoms with E-state index < -0.39 is 5.82 Å². The summed E-state index contributed by atoms with van der Waals surface area (Å²) in [6.07, 6.45) is 0.914. The first kappa shape index (κ1) is 15.6. The van der Waals surface area contributed by atoms with Gasteiger partial charge in [0, 0.05) is 5.56 Å². The van der Waals surface area contributed by atoms with Gasteiger partial charge in [-0.3, -0.25) is 4.79 Å². The number of ether oxygens (including phenoxy) is 2. The molecule has 0 N–H and O–H groups in total. The Kier molecular flexibility index (Phi) is 5.96. The molecule has 4 heteroatoms. The minimum atomic E-state index is -0.538. The molecule has 0 saturated heterocycles. The van der Waals surface area contributed by atoms with Gasteiger partial charge in [0.1, 0.15) is 6.61 Å². The van der Waals surface area contributed by atoms with Gasteiger partial charge in [-0.05, 0) is 37.5 Å². The lowest BCUT2D eigenvalue weighted by Crippen LogP contribution is -2.17. The van der Waals surface area contributed by atoms with Gasteiger partial charge < -0.3 is 9.47 Å². The van der Waals surface area contributed by atoms with E-state index in [4.69, 9.17) is 9.47 Å². The summed E-state index contributed by atoms with van der Waals surface area (Å²) < 4.78 is 23.7. The average molecular weight is 268 g/mol. The number of benzene rings is 1. The maximum Gasteiger partial charge on any atom is 0.188 e. The molecule has 1 aromatic carbocycles. The van der Waals surface area contributed by atoms with Gasteiger partial charge in [0.15, 0.2) is 17.3 Å². The van der Waals surface area contributed by atoms with Crippen molar-refractivity contribution in [1.29, 1.82) is 0 Å². The van der Waals surface area contributed by atoms with Crippen molar-refractivity contribution in [3.8, 4) is 5.75 Å². The second kappa shape index (κ2) is 7.24. The summed E-state index contributed by atoms with van der Waals surface area (Å²) in [6, 6.07) is 4.17. The van der Waals surface area contributed by atoms with Gasteiger partial charge in [-0.25, -0.2) is 4.39 Å². The number of Topliss-reactive ketones (excluding diaryl/α,β-unsaturated/α-hetero) is 1. The Hall–Kier alpha value is -1.42. The van der Waals surface area contributed by atoms with Crippen LogP contribution in [-0.4, -0.2) is 25.6 Å². The van der Waals surface area contributed by atoms with Crippen LogP contribution < -0.4 is 4.74 Å². The van der Waals surface area contributed by atoms with Crippen LogP contribution in [0.4, 0.5) is 4.39 Å². The first-order chi connectivity index (χ1) is 8.93. The molecule has 0 aliphatic rings. The predicted octanol–water partition coefficient (Wildman–Crippen LogP) is 3.47. The molecule has 1 rings (SSSR count). The second-order valence-corrected chi connectivity index (χ2v) is 5.02. The Morgan fingerprint density at radius 2 is 2.00 bits per heavy atom. The Morgan fingerprint density at radius 1 is 1.32 bits per heavy atom. The molecule has 0 spiro atoms. The lowest BCUT2D eigenvalue weighted by atomic mass is 10.1. The molecule has 0 aliphatic carbocycles. The number of methoxy groups -OCH3 is 1. The Bertz CT molecular complexity index is 429. The van der Waals surface area contributed by atoms with E-state index in [1.54, 1.807) is 6.07 Å². The predicted molar refractivity (Wildman–Crippen MR) is 72.2 cm³/mol. The van der Waals surface area contributed by atoms with Crippen LogP contribution in [-0.2, 0) is 4.74 Å². The number of halogens is 1. The van der Waals surface area contributed by atoms with Crippen LogP contribution in [0.25, 0.3) is 0 Å². The second-order valence-electron chi connectivity index (χ2n) is 5.02. The summed E-state index contributed by atoms with van der Waals surface area (Å²) in [7, 11) is 1.39. The molecule has 0 saturated carbocycles. The van der Waals surface area contributed by atoms with Gasteiger partial charge in [-0.15, -0.1) is 0 Å². The van der Waals surface area contributed by atoms with Crippen molar-refractivity contribution in [2.24, 2.45) is 5.92 Å². The molecule has 0 bridgehead atoms. The molecule has 0 heterocycles. The molecule has 1 unspecified atom stereocenters. The highest BCUT2D eigenvalue weighted by atomic mass is 19.1. The number of carbonyl (C=O) groups is 1. The number of ketones is 1. The Labute approximate surface area is 113 Å². The van der Waals surface area contributed by atoms with Crippen LogP contribution in [0.5, 0.6) is 5.75 Å². The molecule has 0 amide bonds. The van der Waals surface area contributed by atoms with Crippen LogP contribution in [0.2, 0.25) is 0 Å². The Morgan fingerprint density at radius 3 is 2.53 bits per heavy atom. The van der Waals surface area contributed by atoms with E-state index in [1.807, 2.05) is 6.92 Å². The van der Waals surface area contributed by atoms with Crippen molar-refractivity contribution < 1.29 is 18.7 Å². The van der Waals surface area contributed by atoms with Gasteiger partial charge in [0.2, 0.25) is 0 Å². The molecule has 3 nitrogen and oxygen atoms in total. The third-order valence-electron chi connectivity index (χ3n) is 2.78. The van der Waals surface area contributed by atoms with Crippen molar-refractivity contribution in [2.45, 2.75) is 33.3 Å². The largest absolute Gasteiger partial charge is 0.494 e. The topological polar surface area (TPSA) is 35.5 Å². The van der Waals surface area contributed by atoms with Gasteiger partial charge in [0.25, 0.3) is 0 Å². The SMILES string of the molecule is COc1ccc(C(=O)COC(C)CC(C)C)cc1F. The van der Waals surface area contributed by atoms with Gasteiger partial charge in [-0.2, -0.15) is 0 Å². The molecule has 0 fully saturated rings. The summed E-state index contributed by atoms with van der Waals surface area (Å²) in [5, 5.41) is 0. The highest BCUT2D eigenvalue weighted by Gasteiger charge is 2.12. The molecule has 19 heavy (non-hydrogen) atoms. The van der Waals surface area contributed by atoms with Crippen LogP contribution in [0, 0.1) is 11.7 Å². The van der Waals surface area contributed by atoms with E-state index in [2.05, 4.69) is 13.8 Å². The van der Waals surface area contributed by atoms with Gasteiger partial charge in [0.05, 0.1) is 13.2 Å². The zero-order valence-corrected chi connectivity index (χ0v) is 11.9. The van der Waals surface area contributed by atoms with Gasteiger partial charge >= 0.3 is 0 Å². The van der Waals surface area contributed by atoms with E-state index in [0.29, 0.717) is 11.5 Å². The van der Waals surface area contributed by atoms with Crippen LogP contribution in [0.3, 0.4) is 0 Å². The monoisotopic (exact) mass is 268 g/mol. The lowest BCUT2D eigenvalue weighted by Gasteiger charge is -2.14. The highest BCUT2D eigenvalue weighted by molar-refractivity contribution is 5.97. The number of hydrogen-bond donors (Lipinski definition) is 0. The van der Waals surface area contributed by atoms with E-state index in [-0.39, 0.29) is 24.2 Å². The maximum atomic E-state index is 13.5. The summed E-state index contributed by atoms with van der Waals surface area (Å²) in [6.45, 7) is 6.10. The molecule has 0 aromatic heterocycles. The quantitative estimate of drug-likeness (QED) is 0.710. The normalized spacial score (nSPS) is 12.5. The molecule has 1 atom stereocenters. The maximum absolute atomic E-state index is 13.5. The molecular weight excluding hydrogens is 247 g/mol. The van der Waals surface area contributed by atoms with E-state index in [0.717, 1.165) is 6.42 Å². The third-order valence-corrected chi connectivity index (χ3v) is 2.78. The summed E-state index contributed by atoms with van der Waals surface area (Å²) in [4.78, 5) is 11.9. The van der Waals surface area contributed by atoms with Gasteiger partial charge in [-0.1, -0.05) is 13.8 Å². The first-order valence-electron chi connectivity index (χ1n) is 6.42. The van der Waals surface area contributed by atoms with E-state index in [9.17, 15) is 9.18 Å². The summed E-state index contributed by atoms with van der Waals surface area (Å²) in [5.74, 6) is -0.116. The molecule has 0 radical (unpaired) electrons. The standard InChI is InChI=1S/C15H21FO3/c1-10(2)7-11(3)19-9-14(17)12-5-6-15(18-4)13(16)8-12/h5-6,8,10-11H,7,9H2,1-4H3. The van der Waals surface area contributed by atoms with E-state index >= 15 is 0 Å². The fraction of sp³-hybridized carbons (Fsp3) is 0.533. The fourth-order valence-corrected chi connectivity index (χ4v) is 1.87. The van der Waals surface area contributed by atoms with Crippen LogP contribution in [0.1, 0.15) is 37.6 Å². The summed E-state index contributed by atoms with van der Waals surface area (Å²) >= 11 is 0. The lowest BCUT2D eigenvalue weighted by molar-refractivity contribution is 0.0444. The minimum Gasteiger partial charge on any atom is -0.494 e. The zero-order valence-electron chi connectivity index (χ0n) is 11.9. The minimum absolute atomic E-state index is 0.0204. The zero-order chi connectivity index (χ0) is 14.4. The number of rotatable bonds is 7. The third kappa shape index (κ3) is 4.99. The van der Waals surface area contributed by atoms with Crippen molar-refractivity contribution in [2.75, 3.05) is 13.7 Å². The van der Waals surface area contributed by atoms with E-state index in [1.165, 1.54) is 19.2 Å².